The number of hydrogen-bond donors (Lipinski definition) is 2. The molecular formula is C18H24N6. The van der Waals surface area contributed by atoms with E-state index in [1.165, 1.54) is 18.4 Å². The Morgan fingerprint density at radius 2 is 2.04 bits per heavy atom. The van der Waals surface area contributed by atoms with Crippen LogP contribution in [0.15, 0.2) is 24.4 Å². The smallest absolute Gasteiger partial charge is 0.227 e. The van der Waals surface area contributed by atoms with Crippen molar-refractivity contribution < 1.29 is 0 Å². The first-order valence-corrected chi connectivity index (χ1v) is 8.82. The van der Waals surface area contributed by atoms with E-state index in [1.807, 2.05) is 18.3 Å². The van der Waals surface area contributed by atoms with Crippen LogP contribution in [0.25, 0.3) is 0 Å². The van der Waals surface area contributed by atoms with Crippen LogP contribution in [-0.4, -0.2) is 41.1 Å². The first-order chi connectivity index (χ1) is 11.8. The molecular weight excluding hydrogens is 300 g/mol. The molecule has 4 rings (SSSR count). The SMILES string of the molecule is Cc1ccnc(Nc2cc(C3CCNC3)nc(N3CCCC3)n2)c1. The summed E-state index contributed by atoms with van der Waals surface area (Å²) >= 11 is 0. The average molecular weight is 324 g/mol. The first-order valence-electron chi connectivity index (χ1n) is 8.82. The number of aryl methyl sites for hydroxylation is 1. The van der Waals surface area contributed by atoms with Gasteiger partial charge in [-0.05, 0) is 50.4 Å². The Morgan fingerprint density at radius 1 is 1.17 bits per heavy atom. The molecule has 2 aliphatic heterocycles. The third-order valence-electron chi connectivity index (χ3n) is 4.77. The van der Waals surface area contributed by atoms with Crippen LogP contribution in [0, 0.1) is 6.92 Å². The van der Waals surface area contributed by atoms with E-state index in [2.05, 4.69) is 33.5 Å². The standard InChI is InChI=1S/C18H24N6/c1-13-4-7-20-16(10-13)22-17-11-15(14-5-6-19-12-14)21-18(23-17)24-8-2-3-9-24/h4,7,10-11,14,19H,2-3,5-6,8-9,12H2,1H3,(H,20,21,22,23). The summed E-state index contributed by atoms with van der Waals surface area (Å²) in [4.78, 5) is 16.3. The van der Waals surface area contributed by atoms with Gasteiger partial charge in [-0.2, -0.15) is 4.98 Å². The van der Waals surface area contributed by atoms with Gasteiger partial charge in [0, 0.05) is 37.8 Å². The molecule has 0 aromatic carbocycles. The molecule has 126 valence electrons. The van der Waals surface area contributed by atoms with Gasteiger partial charge < -0.3 is 15.5 Å². The molecule has 0 radical (unpaired) electrons. The molecule has 6 heteroatoms. The zero-order valence-corrected chi connectivity index (χ0v) is 14.1. The lowest BCUT2D eigenvalue weighted by molar-refractivity contribution is 0.725. The molecule has 4 heterocycles. The van der Waals surface area contributed by atoms with E-state index >= 15 is 0 Å². The highest BCUT2D eigenvalue weighted by Crippen LogP contribution is 2.27. The quantitative estimate of drug-likeness (QED) is 0.901. The number of nitrogens with zero attached hydrogens (tertiary/aromatic N) is 4. The average Bonchev–Trinajstić information content (AvgIpc) is 3.29. The molecule has 2 aromatic rings. The van der Waals surface area contributed by atoms with Crippen molar-refractivity contribution in [3.05, 3.63) is 35.7 Å². The molecule has 2 N–H and O–H groups in total. The minimum atomic E-state index is 0.473. The van der Waals surface area contributed by atoms with Gasteiger partial charge in [0.25, 0.3) is 0 Å². The molecule has 24 heavy (non-hydrogen) atoms. The van der Waals surface area contributed by atoms with Gasteiger partial charge in [0.2, 0.25) is 5.95 Å². The summed E-state index contributed by atoms with van der Waals surface area (Å²) in [6.45, 7) is 6.23. The third kappa shape index (κ3) is 3.33. The number of aromatic nitrogens is 3. The lowest BCUT2D eigenvalue weighted by Crippen LogP contribution is -2.22. The number of nitrogens with one attached hydrogen (secondary N) is 2. The van der Waals surface area contributed by atoms with Gasteiger partial charge in [0.05, 0.1) is 5.69 Å². The van der Waals surface area contributed by atoms with Gasteiger partial charge in [0.15, 0.2) is 0 Å². The van der Waals surface area contributed by atoms with Crippen LogP contribution < -0.4 is 15.5 Å². The molecule has 0 bridgehead atoms. The monoisotopic (exact) mass is 324 g/mol. The fraction of sp³-hybridized carbons (Fsp3) is 0.500. The lowest BCUT2D eigenvalue weighted by atomic mass is 10.0. The number of anilines is 3. The molecule has 2 aromatic heterocycles. The number of pyridine rings is 1. The van der Waals surface area contributed by atoms with E-state index in [-0.39, 0.29) is 0 Å². The predicted octanol–water partition coefficient (Wildman–Crippen LogP) is 2.60. The van der Waals surface area contributed by atoms with Gasteiger partial charge in [-0.15, -0.1) is 0 Å². The molecule has 6 nitrogen and oxygen atoms in total. The van der Waals surface area contributed by atoms with Gasteiger partial charge >= 0.3 is 0 Å². The first kappa shape index (κ1) is 15.3. The summed E-state index contributed by atoms with van der Waals surface area (Å²) in [6.07, 6.45) is 5.40. The lowest BCUT2D eigenvalue weighted by Gasteiger charge is -2.19. The summed E-state index contributed by atoms with van der Waals surface area (Å²) in [5.41, 5.74) is 2.31. The molecule has 0 saturated carbocycles. The maximum atomic E-state index is 4.87. The minimum absolute atomic E-state index is 0.473. The second-order valence-electron chi connectivity index (χ2n) is 6.71. The van der Waals surface area contributed by atoms with E-state index in [9.17, 15) is 0 Å². The van der Waals surface area contributed by atoms with Crippen LogP contribution in [0.4, 0.5) is 17.6 Å². The van der Waals surface area contributed by atoms with Crippen LogP contribution in [-0.2, 0) is 0 Å². The zero-order valence-electron chi connectivity index (χ0n) is 14.1. The fourth-order valence-corrected chi connectivity index (χ4v) is 3.43. The van der Waals surface area contributed by atoms with Crippen LogP contribution in [0.1, 0.15) is 36.4 Å². The Labute approximate surface area is 142 Å². The summed E-state index contributed by atoms with van der Waals surface area (Å²) in [6, 6.07) is 6.12. The molecule has 0 aliphatic carbocycles. The van der Waals surface area contributed by atoms with Crippen molar-refractivity contribution in [1.29, 1.82) is 0 Å². The second kappa shape index (κ2) is 6.73. The van der Waals surface area contributed by atoms with Crippen molar-refractivity contribution in [3.8, 4) is 0 Å². The van der Waals surface area contributed by atoms with Crippen molar-refractivity contribution in [2.45, 2.75) is 32.1 Å². The Morgan fingerprint density at radius 3 is 2.79 bits per heavy atom. The Hall–Kier alpha value is -2.21. The summed E-state index contributed by atoms with van der Waals surface area (Å²) in [7, 11) is 0. The third-order valence-corrected chi connectivity index (χ3v) is 4.77. The van der Waals surface area contributed by atoms with Gasteiger partial charge in [-0.1, -0.05) is 0 Å². The predicted molar refractivity (Wildman–Crippen MR) is 96.0 cm³/mol. The highest BCUT2D eigenvalue weighted by Gasteiger charge is 2.22. The topological polar surface area (TPSA) is 66.0 Å². The maximum absolute atomic E-state index is 4.87. The largest absolute Gasteiger partial charge is 0.341 e. The fourth-order valence-electron chi connectivity index (χ4n) is 3.43. The van der Waals surface area contributed by atoms with Crippen LogP contribution >= 0.6 is 0 Å². The van der Waals surface area contributed by atoms with E-state index in [0.717, 1.165) is 55.9 Å². The van der Waals surface area contributed by atoms with Crippen molar-refractivity contribution >= 4 is 17.6 Å². The van der Waals surface area contributed by atoms with Crippen LogP contribution in [0.5, 0.6) is 0 Å². The molecule has 1 atom stereocenters. The molecule has 0 spiro atoms. The normalized spacial score (nSPS) is 20.5. The molecule has 2 aliphatic rings. The van der Waals surface area contributed by atoms with Crippen LogP contribution in [0.2, 0.25) is 0 Å². The minimum Gasteiger partial charge on any atom is -0.341 e. The van der Waals surface area contributed by atoms with Crippen LogP contribution in [0.3, 0.4) is 0 Å². The second-order valence-corrected chi connectivity index (χ2v) is 6.71. The van der Waals surface area contributed by atoms with Crippen molar-refractivity contribution in [2.24, 2.45) is 0 Å². The van der Waals surface area contributed by atoms with E-state index in [1.54, 1.807) is 0 Å². The maximum Gasteiger partial charge on any atom is 0.227 e. The Bertz CT molecular complexity index is 670. The summed E-state index contributed by atoms with van der Waals surface area (Å²) in [5, 5.41) is 6.79. The Kier molecular flexibility index (Phi) is 4.30. The van der Waals surface area contributed by atoms with E-state index in [0.29, 0.717) is 5.92 Å². The highest BCUT2D eigenvalue weighted by atomic mass is 15.3. The summed E-state index contributed by atoms with van der Waals surface area (Å²) < 4.78 is 0. The molecule has 2 saturated heterocycles. The Balaban J connectivity index is 1.66. The summed E-state index contributed by atoms with van der Waals surface area (Å²) in [5.74, 6) is 3.00. The molecule has 2 fully saturated rings. The van der Waals surface area contributed by atoms with Gasteiger partial charge in [-0.25, -0.2) is 9.97 Å². The molecule has 1 unspecified atom stereocenters. The number of hydrogen-bond acceptors (Lipinski definition) is 6. The molecule has 0 amide bonds. The van der Waals surface area contributed by atoms with E-state index < -0.39 is 0 Å². The van der Waals surface area contributed by atoms with Crippen molar-refractivity contribution in [1.82, 2.24) is 20.3 Å². The number of rotatable bonds is 4. The van der Waals surface area contributed by atoms with Crippen molar-refractivity contribution in [3.63, 3.8) is 0 Å². The van der Waals surface area contributed by atoms with Gasteiger partial charge in [-0.3, -0.25) is 0 Å². The highest BCUT2D eigenvalue weighted by molar-refractivity contribution is 5.55. The van der Waals surface area contributed by atoms with Crippen molar-refractivity contribution in [2.75, 3.05) is 36.4 Å². The van der Waals surface area contributed by atoms with Gasteiger partial charge in [0.1, 0.15) is 11.6 Å². The van der Waals surface area contributed by atoms with E-state index in [4.69, 9.17) is 9.97 Å². The zero-order chi connectivity index (χ0) is 16.4.